The predicted octanol–water partition coefficient (Wildman–Crippen LogP) is 3.01. The minimum absolute atomic E-state index is 0.0725. The Balaban J connectivity index is 1.78. The van der Waals surface area contributed by atoms with Crippen LogP contribution in [-0.2, 0) is 9.59 Å². The molecule has 1 atom stereocenters. The van der Waals surface area contributed by atoms with Gasteiger partial charge in [-0.15, -0.1) is 0 Å². The molecule has 1 fully saturated rings. The molecule has 136 valence electrons. The highest BCUT2D eigenvalue weighted by atomic mass is 16.5. The van der Waals surface area contributed by atoms with E-state index in [-0.39, 0.29) is 18.2 Å². The van der Waals surface area contributed by atoms with E-state index in [0.29, 0.717) is 18.0 Å². The number of anilines is 2. The lowest BCUT2D eigenvalue weighted by Crippen LogP contribution is -2.28. The van der Waals surface area contributed by atoms with Crippen molar-refractivity contribution in [3.05, 3.63) is 47.3 Å². The Morgan fingerprint density at radius 2 is 2.04 bits per heavy atom. The van der Waals surface area contributed by atoms with Crippen molar-refractivity contribution in [2.45, 2.75) is 27.2 Å². The Bertz CT molecular complexity index is 863. The molecule has 0 saturated carbocycles. The molecule has 1 N–H and O–H groups in total. The maximum Gasteiger partial charge on any atom is 0.229 e. The highest BCUT2D eigenvalue weighted by Crippen LogP contribution is 2.34. The standard InChI is InChI=1S/C20H23N3O3/c1-12-5-6-18(26-4)17(9-12)23-11-15(10-19(23)24)20(25)22-16-7-8-21-14(3)13(16)2/h5-9,15H,10-11H2,1-4H3,(H,21,22,25)/t15-/m0/s1. The molecule has 1 saturated heterocycles. The minimum Gasteiger partial charge on any atom is -0.495 e. The van der Waals surface area contributed by atoms with Crippen molar-refractivity contribution in [3.63, 3.8) is 0 Å². The molecule has 0 spiro atoms. The van der Waals surface area contributed by atoms with E-state index in [0.717, 1.165) is 22.5 Å². The number of methoxy groups -OCH3 is 1. The number of aryl methyl sites for hydroxylation is 2. The first-order valence-corrected chi connectivity index (χ1v) is 8.58. The molecule has 3 rings (SSSR count). The zero-order valence-electron chi connectivity index (χ0n) is 15.5. The summed E-state index contributed by atoms with van der Waals surface area (Å²) in [7, 11) is 1.58. The van der Waals surface area contributed by atoms with Crippen LogP contribution in [0.4, 0.5) is 11.4 Å². The van der Waals surface area contributed by atoms with Crippen LogP contribution in [0.5, 0.6) is 5.75 Å². The molecule has 0 aliphatic carbocycles. The van der Waals surface area contributed by atoms with Gasteiger partial charge in [0.15, 0.2) is 0 Å². The summed E-state index contributed by atoms with van der Waals surface area (Å²) in [4.78, 5) is 31.1. The largest absolute Gasteiger partial charge is 0.495 e. The number of carbonyl (C=O) groups excluding carboxylic acids is 2. The topological polar surface area (TPSA) is 71.5 Å². The smallest absolute Gasteiger partial charge is 0.229 e. The lowest BCUT2D eigenvalue weighted by Gasteiger charge is -2.20. The summed E-state index contributed by atoms with van der Waals surface area (Å²) >= 11 is 0. The summed E-state index contributed by atoms with van der Waals surface area (Å²) in [6.45, 7) is 6.12. The van der Waals surface area contributed by atoms with Crippen molar-refractivity contribution in [1.29, 1.82) is 0 Å². The fraction of sp³-hybridized carbons (Fsp3) is 0.350. The molecule has 1 aliphatic rings. The molecule has 1 aromatic carbocycles. The first kappa shape index (κ1) is 17.9. The van der Waals surface area contributed by atoms with Crippen molar-refractivity contribution in [1.82, 2.24) is 4.98 Å². The number of amides is 2. The van der Waals surface area contributed by atoms with Crippen LogP contribution < -0.4 is 15.0 Å². The molecule has 0 radical (unpaired) electrons. The van der Waals surface area contributed by atoms with E-state index in [1.807, 2.05) is 39.0 Å². The van der Waals surface area contributed by atoms with Gasteiger partial charge in [-0.1, -0.05) is 6.07 Å². The van der Waals surface area contributed by atoms with E-state index in [1.165, 1.54) is 0 Å². The van der Waals surface area contributed by atoms with Crippen LogP contribution in [-0.4, -0.2) is 30.5 Å². The second-order valence-electron chi connectivity index (χ2n) is 6.64. The average molecular weight is 353 g/mol. The predicted molar refractivity (Wildman–Crippen MR) is 101 cm³/mol. The van der Waals surface area contributed by atoms with Gasteiger partial charge >= 0.3 is 0 Å². The van der Waals surface area contributed by atoms with E-state index in [4.69, 9.17) is 4.74 Å². The fourth-order valence-electron chi connectivity index (χ4n) is 3.14. The van der Waals surface area contributed by atoms with Crippen molar-refractivity contribution in [3.8, 4) is 5.75 Å². The van der Waals surface area contributed by atoms with Crippen LogP contribution in [0.1, 0.15) is 23.2 Å². The second kappa shape index (κ2) is 7.15. The number of hydrogen-bond acceptors (Lipinski definition) is 4. The van der Waals surface area contributed by atoms with Gasteiger partial charge in [0.2, 0.25) is 11.8 Å². The van der Waals surface area contributed by atoms with E-state index >= 15 is 0 Å². The van der Waals surface area contributed by atoms with Gasteiger partial charge in [0, 0.05) is 30.5 Å². The summed E-state index contributed by atoms with van der Waals surface area (Å²) in [5.74, 6) is 0.00375. The van der Waals surface area contributed by atoms with Gasteiger partial charge in [0.25, 0.3) is 0 Å². The lowest BCUT2D eigenvalue weighted by molar-refractivity contribution is -0.122. The summed E-state index contributed by atoms with van der Waals surface area (Å²) in [5, 5.41) is 2.94. The maximum atomic E-state index is 12.7. The number of rotatable bonds is 4. The van der Waals surface area contributed by atoms with Crippen LogP contribution in [0, 0.1) is 26.7 Å². The molecular formula is C20H23N3O3. The summed E-state index contributed by atoms with van der Waals surface area (Å²) in [6, 6.07) is 7.46. The Morgan fingerprint density at radius 3 is 2.77 bits per heavy atom. The molecule has 1 aliphatic heterocycles. The number of nitrogens with one attached hydrogen (secondary N) is 1. The monoisotopic (exact) mass is 353 g/mol. The number of carbonyl (C=O) groups is 2. The van der Waals surface area contributed by atoms with Crippen LogP contribution in [0.15, 0.2) is 30.5 Å². The molecule has 6 nitrogen and oxygen atoms in total. The van der Waals surface area contributed by atoms with E-state index in [2.05, 4.69) is 10.3 Å². The first-order chi connectivity index (χ1) is 12.4. The highest BCUT2D eigenvalue weighted by molar-refractivity contribution is 6.04. The van der Waals surface area contributed by atoms with Crippen LogP contribution in [0.2, 0.25) is 0 Å². The molecular weight excluding hydrogens is 330 g/mol. The number of aromatic nitrogens is 1. The first-order valence-electron chi connectivity index (χ1n) is 8.58. The normalized spacial score (nSPS) is 16.7. The van der Waals surface area contributed by atoms with E-state index in [9.17, 15) is 9.59 Å². The molecule has 1 aromatic heterocycles. The molecule has 2 aromatic rings. The maximum absolute atomic E-state index is 12.7. The van der Waals surface area contributed by atoms with E-state index < -0.39 is 5.92 Å². The summed E-state index contributed by atoms with van der Waals surface area (Å²) in [5.41, 5.74) is 4.29. The zero-order valence-corrected chi connectivity index (χ0v) is 15.5. The Kier molecular flexibility index (Phi) is 4.93. The molecule has 6 heteroatoms. The lowest BCUT2D eigenvalue weighted by atomic mass is 10.1. The number of ether oxygens (including phenoxy) is 1. The number of pyridine rings is 1. The van der Waals surface area contributed by atoms with Crippen molar-refractivity contribution in [2.75, 3.05) is 23.9 Å². The quantitative estimate of drug-likeness (QED) is 0.917. The van der Waals surface area contributed by atoms with Crippen molar-refractivity contribution in [2.24, 2.45) is 5.92 Å². The third kappa shape index (κ3) is 3.40. The van der Waals surface area contributed by atoms with Gasteiger partial charge in [-0.3, -0.25) is 14.6 Å². The fourth-order valence-corrected chi connectivity index (χ4v) is 3.14. The Labute approximate surface area is 153 Å². The van der Waals surface area contributed by atoms with Crippen LogP contribution in [0.25, 0.3) is 0 Å². The highest BCUT2D eigenvalue weighted by Gasteiger charge is 2.36. The molecule has 26 heavy (non-hydrogen) atoms. The third-order valence-corrected chi connectivity index (χ3v) is 4.83. The average Bonchev–Trinajstić information content (AvgIpc) is 3.00. The Hall–Kier alpha value is -2.89. The number of hydrogen-bond donors (Lipinski definition) is 1. The summed E-state index contributed by atoms with van der Waals surface area (Å²) < 4.78 is 5.38. The van der Waals surface area contributed by atoms with E-state index in [1.54, 1.807) is 24.3 Å². The SMILES string of the molecule is COc1ccc(C)cc1N1C[C@@H](C(=O)Nc2ccnc(C)c2C)CC1=O. The summed E-state index contributed by atoms with van der Waals surface area (Å²) in [6.07, 6.45) is 1.85. The van der Waals surface area contributed by atoms with Crippen LogP contribution in [0.3, 0.4) is 0 Å². The van der Waals surface area contributed by atoms with Gasteiger partial charge < -0.3 is 15.0 Å². The molecule has 2 amide bonds. The van der Waals surface area contributed by atoms with Gasteiger partial charge in [-0.05, 0) is 50.1 Å². The molecule has 0 bridgehead atoms. The second-order valence-corrected chi connectivity index (χ2v) is 6.64. The van der Waals surface area contributed by atoms with Gasteiger partial charge in [0.05, 0.1) is 18.7 Å². The third-order valence-electron chi connectivity index (χ3n) is 4.83. The van der Waals surface area contributed by atoms with Gasteiger partial charge in [-0.2, -0.15) is 0 Å². The molecule has 0 unspecified atom stereocenters. The van der Waals surface area contributed by atoms with Crippen molar-refractivity contribution < 1.29 is 14.3 Å². The van der Waals surface area contributed by atoms with Crippen LogP contribution >= 0.6 is 0 Å². The van der Waals surface area contributed by atoms with Gasteiger partial charge in [-0.25, -0.2) is 0 Å². The minimum atomic E-state index is -0.402. The zero-order chi connectivity index (χ0) is 18.8. The molecule has 2 heterocycles. The number of nitrogens with zero attached hydrogens (tertiary/aromatic N) is 2. The number of benzene rings is 1. The Morgan fingerprint density at radius 1 is 1.27 bits per heavy atom. The van der Waals surface area contributed by atoms with Gasteiger partial charge in [0.1, 0.15) is 5.75 Å². The van der Waals surface area contributed by atoms with Crippen molar-refractivity contribution >= 4 is 23.2 Å².